The smallest absolute Gasteiger partial charge is 0.278 e. The molecule has 2 saturated heterocycles. The zero-order chi connectivity index (χ0) is 24.1. The Bertz CT molecular complexity index is 1120. The molecule has 34 heavy (non-hydrogen) atoms. The standard InChI is InChI=1S/C22H30N6O4S2/c1-26-7-9-27(10-8-26)16-18-15-23-22(33-18)24-21(29)20(25-28-11-13-32-14-12-28)17-3-5-19(6-4-17)34(2,30)31/h3-6,15H,7-14,16H2,1-2H3,(H,23,24,29)/b25-20+. The summed E-state index contributed by atoms with van der Waals surface area (Å²) in [6.07, 6.45) is 2.96. The number of carbonyl (C=O) groups excluding carboxylic acids is 1. The maximum atomic E-state index is 13.2. The highest BCUT2D eigenvalue weighted by molar-refractivity contribution is 7.90. The van der Waals surface area contributed by atoms with E-state index < -0.39 is 9.84 Å². The summed E-state index contributed by atoms with van der Waals surface area (Å²) in [6.45, 7) is 7.13. The van der Waals surface area contributed by atoms with Crippen molar-refractivity contribution in [3.05, 3.63) is 40.9 Å². The molecule has 184 valence electrons. The number of anilines is 1. The van der Waals surface area contributed by atoms with Crippen molar-refractivity contribution in [1.29, 1.82) is 0 Å². The van der Waals surface area contributed by atoms with Crippen LogP contribution in [0.1, 0.15) is 10.4 Å². The van der Waals surface area contributed by atoms with Crippen molar-refractivity contribution in [3.8, 4) is 0 Å². The Morgan fingerprint density at radius 2 is 1.79 bits per heavy atom. The fourth-order valence-electron chi connectivity index (χ4n) is 3.71. The average molecular weight is 507 g/mol. The number of morpholine rings is 1. The lowest BCUT2D eigenvalue weighted by atomic mass is 10.1. The van der Waals surface area contributed by atoms with Crippen molar-refractivity contribution < 1.29 is 17.9 Å². The largest absolute Gasteiger partial charge is 0.378 e. The molecule has 3 heterocycles. The number of sulfone groups is 1. The number of likely N-dealkylation sites (N-methyl/N-ethyl adjacent to an activating group) is 1. The second-order valence-electron chi connectivity index (χ2n) is 8.48. The SMILES string of the molecule is CN1CCN(Cc2cnc(NC(=O)/C(=N/N3CCOCC3)c3ccc(S(C)(=O)=O)cc3)s2)CC1. The quantitative estimate of drug-likeness (QED) is 0.554. The topological polar surface area (TPSA) is 107 Å². The van der Waals surface area contributed by atoms with E-state index in [9.17, 15) is 13.2 Å². The van der Waals surface area contributed by atoms with Gasteiger partial charge in [0.1, 0.15) is 0 Å². The Morgan fingerprint density at radius 1 is 1.12 bits per heavy atom. The van der Waals surface area contributed by atoms with Gasteiger partial charge >= 0.3 is 0 Å². The minimum atomic E-state index is -3.34. The van der Waals surface area contributed by atoms with Gasteiger partial charge in [-0.05, 0) is 19.2 Å². The van der Waals surface area contributed by atoms with Crippen molar-refractivity contribution in [3.63, 3.8) is 0 Å². The third-order valence-electron chi connectivity index (χ3n) is 5.75. The second-order valence-corrected chi connectivity index (χ2v) is 11.6. The Labute approximate surface area is 204 Å². The zero-order valence-corrected chi connectivity index (χ0v) is 21.1. The van der Waals surface area contributed by atoms with E-state index in [1.807, 2.05) is 0 Å². The number of hydrogen-bond acceptors (Lipinski definition) is 10. The normalized spacial score (nSPS) is 18.8. The molecule has 0 unspecified atom stereocenters. The van der Waals surface area contributed by atoms with Crippen molar-refractivity contribution in [1.82, 2.24) is 19.8 Å². The number of amides is 1. The van der Waals surface area contributed by atoms with Crippen molar-refractivity contribution >= 4 is 37.9 Å². The van der Waals surface area contributed by atoms with Gasteiger partial charge in [0, 0.05) is 55.6 Å². The van der Waals surface area contributed by atoms with E-state index in [0.717, 1.165) is 43.9 Å². The van der Waals surface area contributed by atoms with Crippen LogP contribution in [0.2, 0.25) is 0 Å². The van der Waals surface area contributed by atoms with Crippen LogP contribution in [-0.2, 0) is 25.9 Å². The number of piperazine rings is 1. The van der Waals surface area contributed by atoms with Crippen LogP contribution in [0.4, 0.5) is 5.13 Å². The number of nitrogens with zero attached hydrogens (tertiary/aromatic N) is 5. The minimum Gasteiger partial charge on any atom is -0.378 e. The van der Waals surface area contributed by atoms with Crippen molar-refractivity contribution in [2.45, 2.75) is 11.4 Å². The van der Waals surface area contributed by atoms with E-state index in [4.69, 9.17) is 4.74 Å². The van der Waals surface area contributed by atoms with Crippen LogP contribution in [0.3, 0.4) is 0 Å². The molecule has 10 nitrogen and oxygen atoms in total. The Kier molecular flexibility index (Phi) is 7.94. The molecule has 1 N–H and O–H groups in total. The summed E-state index contributed by atoms with van der Waals surface area (Å²) >= 11 is 1.45. The number of thiazole rings is 1. The fourth-order valence-corrected chi connectivity index (χ4v) is 5.19. The molecule has 2 aliphatic rings. The third-order valence-corrected chi connectivity index (χ3v) is 7.78. The first-order valence-corrected chi connectivity index (χ1v) is 13.9. The molecule has 4 rings (SSSR count). The second kappa shape index (κ2) is 10.9. The van der Waals surface area contributed by atoms with E-state index in [-0.39, 0.29) is 16.5 Å². The summed E-state index contributed by atoms with van der Waals surface area (Å²) in [5.41, 5.74) is 0.739. The summed E-state index contributed by atoms with van der Waals surface area (Å²) in [6, 6.07) is 6.19. The summed E-state index contributed by atoms with van der Waals surface area (Å²) in [5, 5.41) is 9.75. The molecule has 0 spiro atoms. The first kappa shape index (κ1) is 24.7. The molecule has 1 aromatic carbocycles. The summed E-state index contributed by atoms with van der Waals surface area (Å²) in [4.78, 5) is 23.6. The zero-order valence-electron chi connectivity index (χ0n) is 19.4. The first-order chi connectivity index (χ1) is 16.3. The number of benzene rings is 1. The highest BCUT2D eigenvalue weighted by Gasteiger charge is 2.21. The van der Waals surface area contributed by atoms with Gasteiger partial charge in [0.2, 0.25) is 0 Å². The highest BCUT2D eigenvalue weighted by atomic mass is 32.2. The highest BCUT2D eigenvalue weighted by Crippen LogP contribution is 2.21. The van der Waals surface area contributed by atoms with Gasteiger partial charge in [0.05, 0.1) is 31.2 Å². The number of rotatable bonds is 7. The molecular weight excluding hydrogens is 476 g/mol. The van der Waals surface area contributed by atoms with Crippen molar-refractivity contribution in [2.24, 2.45) is 5.10 Å². The molecule has 0 bridgehead atoms. The molecule has 1 amide bonds. The van der Waals surface area contributed by atoms with Crippen LogP contribution < -0.4 is 5.32 Å². The predicted octanol–water partition coefficient (Wildman–Crippen LogP) is 0.969. The summed E-state index contributed by atoms with van der Waals surface area (Å²) in [7, 11) is -1.21. The van der Waals surface area contributed by atoms with Gasteiger partial charge in [0.15, 0.2) is 20.7 Å². The Morgan fingerprint density at radius 3 is 2.44 bits per heavy atom. The van der Waals surface area contributed by atoms with E-state index in [2.05, 4.69) is 32.2 Å². The molecule has 0 aliphatic carbocycles. The summed E-state index contributed by atoms with van der Waals surface area (Å²) < 4.78 is 29.0. The first-order valence-electron chi connectivity index (χ1n) is 11.2. The van der Waals surface area contributed by atoms with E-state index in [1.54, 1.807) is 23.3 Å². The van der Waals surface area contributed by atoms with Crippen LogP contribution in [0, 0.1) is 0 Å². The lowest BCUT2D eigenvalue weighted by Gasteiger charge is -2.31. The van der Waals surface area contributed by atoms with Gasteiger partial charge in [-0.2, -0.15) is 5.10 Å². The molecule has 0 atom stereocenters. The molecule has 2 aliphatic heterocycles. The predicted molar refractivity (Wildman–Crippen MR) is 132 cm³/mol. The van der Waals surface area contributed by atoms with Crippen LogP contribution in [0.15, 0.2) is 40.5 Å². The monoisotopic (exact) mass is 506 g/mol. The minimum absolute atomic E-state index is 0.191. The molecule has 0 radical (unpaired) electrons. The number of carbonyl (C=O) groups is 1. The Balaban J connectivity index is 1.49. The van der Waals surface area contributed by atoms with Crippen LogP contribution in [0.25, 0.3) is 0 Å². The van der Waals surface area contributed by atoms with Crippen molar-refractivity contribution in [2.75, 3.05) is 71.1 Å². The number of hydrazone groups is 1. The molecule has 12 heteroatoms. The number of aromatic nitrogens is 1. The number of ether oxygens (including phenoxy) is 1. The van der Waals surface area contributed by atoms with Gasteiger partial charge in [-0.1, -0.05) is 12.1 Å². The van der Waals surface area contributed by atoms with Gasteiger partial charge in [-0.15, -0.1) is 11.3 Å². The maximum Gasteiger partial charge on any atom is 0.278 e. The third kappa shape index (κ3) is 6.60. The molecular formula is C22H30N6O4S2. The van der Waals surface area contributed by atoms with E-state index >= 15 is 0 Å². The molecule has 2 fully saturated rings. The molecule has 1 aromatic heterocycles. The lowest BCUT2D eigenvalue weighted by molar-refractivity contribution is -0.110. The average Bonchev–Trinajstić information content (AvgIpc) is 3.25. The fraction of sp³-hybridized carbons (Fsp3) is 0.500. The van der Waals surface area contributed by atoms with Crippen LogP contribution >= 0.6 is 11.3 Å². The number of hydrogen-bond donors (Lipinski definition) is 1. The Hall–Kier alpha value is -2.38. The van der Waals surface area contributed by atoms with Gasteiger partial charge in [-0.25, -0.2) is 13.4 Å². The van der Waals surface area contributed by atoms with Gasteiger partial charge in [0.25, 0.3) is 5.91 Å². The van der Waals surface area contributed by atoms with E-state index in [0.29, 0.717) is 37.0 Å². The van der Waals surface area contributed by atoms with Crippen LogP contribution in [-0.4, -0.2) is 106 Å². The molecule has 0 saturated carbocycles. The van der Waals surface area contributed by atoms with Gasteiger partial charge in [-0.3, -0.25) is 20.0 Å². The summed E-state index contributed by atoms with van der Waals surface area (Å²) in [5.74, 6) is -0.390. The maximum absolute atomic E-state index is 13.2. The molecule has 2 aromatic rings. The van der Waals surface area contributed by atoms with Crippen LogP contribution in [0.5, 0.6) is 0 Å². The lowest BCUT2D eigenvalue weighted by Crippen LogP contribution is -2.43. The van der Waals surface area contributed by atoms with Gasteiger partial charge < -0.3 is 9.64 Å². The number of nitrogens with one attached hydrogen (secondary N) is 1. The van der Waals surface area contributed by atoms with E-state index in [1.165, 1.54) is 23.5 Å².